The Hall–Kier alpha value is -2.06. The molecule has 1 aromatic rings. The molecule has 1 N–H and O–H groups in total. The monoisotopic (exact) mass is 231 g/mol. The summed E-state index contributed by atoms with van der Waals surface area (Å²) in [6.45, 7) is 2.35. The lowest BCUT2D eigenvalue weighted by atomic mass is 10.2. The topological polar surface area (TPSA) is 65.4 Å². The zero-order valence-corrected chi connectivity index (χ0v) is 9.35. The molecule has 5 heteroatoms. The smallest absolute Gasteiger partial charge is 0.322 e. The third-order valence-corrected chi connectivity index (χ3v) is 2.54. The van der Waals surface area contributed by atoms with Gasteiger partial charge in [0.15, 0.2) is 0 Å². The predicted molar refractivity (Wildman–Crippen MR) is 62.6 cm³/mol. The van der Waals surface area contributed by atoms with Crippen LogP contribution in [0.1, 0.15) is 5.56 Å². The normalized spacial score (nSPS) is 15.1. The van der Waals surface area contributed by atoms with Crippen LogP contribution in [0.5, 0.6) is 0 Å². The number of nitrogens with one attached hydrogen (secondary N) is 1. The number of nitriles is 1. The van der Waals surface area contributed by atoms with Gasteiger partial charge in [-0.25, -0.2) is 4.79 Å². The fourth-order valence-corrected chi connectivity index (χ4v) is 1.64. The number of carbonyl (C=O) groups excluding carboxylic acids is 1. The van der Waals surface area contributed by atoms with E-state index < -0.39 is 0 Å². The minimum absolute atomic E-state index is 0.150. The quantitative estimate of drug-likeness (QED) is 0.795. The van der Waals surface area contributed by atoms with E-state index in [-0.39, 0.29) is 6.03 Å². The number of urea groups is 1. The molecule has 0 atom stereocenters. The second-order valence-corrected chi connectivity index (χ2v) is 3.72. The van der Waals surface area contributed by atoms with Crippen molar-refractivity contribution in [3.05, 3.63) is 29.8 Å². The van der Waals surface area contributed by atoms with Crippen LogP contribution < -0.4 is 5.32 Å². The summed E-state index contributed by atoms with van der Waals surface area (Å²) in [5.41, 5.74) is 1.17. The molecular weight excluding hydrogens is 218 g/mol. The van der Waals surface area contributed by atoms with Crippen molar-refractivity contribution in [3.8, 4) is 6.07 Å². The van der Waals surface area contributed by atoms with Crippen molar-refractivity contribution in [1.29, 1.82) is 5.26 Å². The van der Waals surface area contributed by atoms with E-state index in [0.29, 0.717) is 37.6 Å². The van der Waals surface area contributed by atoms with Crippen LogP contribution in [-0.4, -0.2) is 37.2 Å². The third-order valence-electron chi connectivity index (χ3n) is 2.54. The van der Waals surface area contributed by atoms with Crippen LogP contribution in [0.3, 0.4) is 0 Å². The summed E-state index contributed by atoms with van der Waals surface area (Å²) in [7, 11) is 0. The van der Waals surface area contributed by atoms with E-state index in [1.807, 2.05) is 6.07 Å². The Kier molecular flexibility index (Phi) is 3.58. The lowest BCUT2D eigenvalue weighted by molar-refractivity contribution is 0.0564. The van der Waals surface area contributed by atoms with Crippen molar-refractivity contribution in [3.63, 3.8) is 0 Å². The highest BCUT2D eigenvalue weighted by molar-refractivity contribution is 5.89. The first-order valence-electron chi connectivity index (χ1n) is 5.43. The Morgan fingerprint density at radius 1 is 1.41 bits per heavy atom. The van der Waals surface area contributed by atoms with Crippen LogP contribution in [-0.2, 0) is 4.74 Å². The lowest BCUT2D eigenvalue weighted by Gasteiger charge is -2.26. The highest BCUT2D eigenvalue weighted by Crippen LogP contribution is 2.11. The molecule has 1 aliphatic heterocycles. The maximum Gasteiger partial charge on any atom is 0.322 e. The first-order chi connectivity index (χ1) is 8.29. The molecule has 1 aliphatic rings. The largest absolute Gasteiger partial charge is 0.378 e. The molecule has 2 amide bonds. The van der Waals surface area contributed by atoms with E-state index in [1.165, 1.54) is 0 Å². The van der Waals surface area contributed by atoms with Gasteiger partial charge in [-0.3, -0.25) is 0 Å². The van der Waals surface area contributed by atoms with Crippen molar-refractivity contribution in [2.45, 2.75) is 0 Å². The maximum absolute atomic E-state index is 11.8. The average molecular weight is 231 g/mol. The fourth-order valence-electron chi connectivity index (χ4n) is 1.64. The van der Waals surface area contributed by atoms with Crippen molar-refractivity contribution in [1.82, 2.24) is 4.90 Å². The summed E-state index contributed by atoms with van der Waals surface area (Å²) in [5.74, 6) is 0. The third kappa shape index (κ3) is 2.95. The van der Waals surface area contributed by atoms with E-state index in [9.17, 15) is 4.79 Å². The van der Waals surface area contributed by atoms with Crippen molar-refractivity contribution < 1.29 is 9.53 Å². The summed E-state index contributed by atoms with van der Waals surface area (Å²) in [6.07, 6.45) is 0. The molecule has 1 heterocycles. The van der Waals surface area contributed by atoms with Gasteiger partial charge in [0.2, 0.25) is 0 Å². The van der Waals surface area contributed by atoms with Gasteiger partial charge in [0.25, 0.3) is 0 Å². The van der Waals surface area contributed by atoms with E-state index in [0.717, 1.165) is 0 Å². The van der Waals surface area contributed by atoms with Gasteiger partial charge in [-0.2, -0.15) is 5.26 Å². The van der Waals surface area contributed by atoms with Gasteiger partial charge in [0.1, 0.15) is 0 Å². The lowest BCUT2D eigenvalue weighted by Crippen LogP contribution is -2.43. The molecule has 1 fully saturated rings. The van der Waals surface area contributed by atoms with Gasteiger partial charge >= 0.3 is 6.03 Å². The molecule has 0 spiro atoms. The highest BCUT2D eigenvalue weighted by Gasteiger charge is 2.16. The molecule has 2 rings (SSSR count). The standard InChI is InChI=1S/C12H13N3O2/c13-9-10-2-1-3-11(8-10)14-12(16)15-4-6-17-7-5-15/h1-3,8H,4-7H2,(H,14,16). The number of hydrogen-bond acceptors (Lipinski definition) is 3. The molecule has 5 nitrogen and oxygen atoms in total. The Morgan fingerprint density at radius 3 is 2.88 bits per heavy atom. The summed E-state index contributed by atoms with van der Waals surface area (Å²) in [4.78, 5) is 13.5. The molecule has 1 aromatic carbocycles. The summed E-state index contributed by atoms with van der Waals surface area (Å²) >= 11 is 0. The average Bonchev–Trinajstić information content (AvgIpc) is 2.40. The molecule has 0 aliphatic carbocycles. The fraction of sp³-hybridized carbons (Fsp3) is 0.333. The first-order valence-corrected chi connectivity index (χ1v) is 5.43. The maximum atomic E-state index is 11.8. The van der Waals surface area contributed by atoms with Crippen molar-refractivity contribution >= 4 is 11.7 Å². The summed E-state index contributed by atoms with van der Waals surface area (Å²) in [5, 5.41) is 11.5. The number of anilines is 1. The Bertz CT molecular complexity index is 447. The van der Waals surface area contributed by atoms with Crippen molar-refractivity contribution in [2.24, 2.45) is 0 Å². The van der Waals surface area contributed by atoms with Gasteiger partial charge in [-0.05, 0) is 18.2 Å². The highest BCUT2D eigenvalue weighted by atomic mass is 16.5. The van der Waals surface area contributed by atoms with Gasteiger partial charge in [0, 0.05) is 18.8 Å². The number of hydrogen-bond donors (Lipinski definition) is 1. The Balaban J connectivity index is 1.99. The predicted octanol–water partition coefficient (Wildman–Crippen LogP) is 1.42. The van der Waals surface area contributed by atoms with E-state index in [1.54, 1.807) is 29.2 Å². The van der Waals surface area contributed by atoms with Crippen molar-refractivity contribution in [2.75, 3.05) is 31.6 Å². The van der Waals surface area contributed by atoms with Crippen LogP contribution in [0.15, 0.2) is 24.3 Å². The molecule has 0 radical (unpaired) electrons. The molecule has 17 heavy (non-hydrogen) atoms. The van der Waals surface area contributed by atoms with Crippen LogP contribution in [0.4, 0.5) is 10.5 Å². The van der Waals surface area contributed by atoms with Crippen LogP contribution in [0.25, 0.3) is 0 Å². The van der Waals surface area contributed by atoms with Crippen LogP contribution in [0.2, 0.25) is 0 Å². The number of nitrogens with zero attached hydrogens (tertiary/aromatic N) is 2. The minimum Gasteiger partial charge on any atom is -0.378 e. The number of carbonyl (C=O) groups is 1. The minimum atomic E-state index is -0.150. The molecule has 0 aromatic heterocycles. The van der Waals surface area contributed by atoms with E-state index >= 15 is 0 Å². The molecule has 88 valence electrons. The first kappa shape index (κ1) is 11.4. The van der Waals surface area contributed by atoms with E-state index in [2.05, 4.69) is 5.32 Å². The van der Waals surface area contributed by atoms with E-state index in [4.69, 9.17) is 10.00 Å². The second kappa shape index (κ2) is 5.32. The Morgan fingerprint density at radius 2 is 2.18 bits per heavy atom. The zero-order chi connectivity index (χ0) is 12.1. The number of benzene rings is 1. The molecule has 0 saturated carbocycles. The Labute approximate surface area is 99.6 Å². The molecule has 0 bridgehead atoms. The second-order valence-electron chi connectivity index (χ2n) is 3.72. The molecule has 1 saturated heterocycles. The zero-order valence-electron chi connectivity index (χ0n) is 9.35. The number of amides is 2. The van der Waals surface area contributed by atoms with Gasteiger partial charge in [-0.1, -0.05) is 6.07 Å². The SMILES string of the molecule is N#Cc1cccc(NC(=O)N2CCOCC2)c1. The number of ether oxygens (including phenoxy) is 1. The van der Waals surface area contributed by atoms with Crippen LogP contribution >= 0.6 is 0 Å². The molecule has 0 unspecified atom stereocenters. The number of rotatable bonds is 1. The van der Waals surface area contributed by atoms with Gasteiger partial charge < -0.3 is 15.0 Å². The number of morpholine rings is 1. The summed E-state index contributed by atoms with van der Waals surface area (Å²) in [6, 6.07) is 8.74. The molecular formula is C12H13N3O2. The van der Waals surface area contributed by atoms with Gasteiger partial charge in [0.05, 0.1) is 24.8 Å². The van der Waals surface area contributed by atoms with Crippen LogP contribution in [0, 0.1) is 11.3 Å². The van der Waals surface area contributed by atoms with Gasteiger partial charge in [-0.15, -0.1) is 0 Å². The summed E-state index contributed by atoms with van der Waals surface area (Å²) < 4.78 is 5.17.